The Kier molecular flexibility index (Phi) is 7.51. The summed E-state index contributed by atoms with van der Waals surface area (Å²) >= 11 is 0. The minimum absolute atomic E-state index is 0.252. The van der Waals surface area contributed by atoms with Crippen molar-refractivity contribution in [2.24, 2.45) is 0 Å². The molecule has 20 heavy (non-hydrogen) atoms. The molecule has 0 saturated carbocycles. The van der Waals surface area contributed by atoms with E-state index in [-0.39, 0.29) is 17.9 Å². The summed E-state index contributed by atoms with van der Waals surface area (Å²) in [5.74, 6) is -0.0810. The number of benzene rings is 1. The van der Waals surface area contributed by atoms with E-state index >= 15 is 0 Å². The molecular weight excluding hydrogens is 261 g/mol. The number of hydrogen-bond donors (Lipinski definition) is 0. The van der Waals surface area contributed by atoms with Crippen LogP contribution in [0.4, 0.5) is 4.39 Å². The molecule has 114 valence electrons. The number of nitrogens with zero attached hydrogens (tertiary/aromatic N) is 1. The minimum Gasteiger partial charge on any atom is -0.494 e. The quantitative estimate of drug-likeness (QED) is 0.653. The molecule has 1 aromatic rings. The van der Waals surface area contributed by atoms with Crippen LogP contribution in [0.25, 0.3) is 0 Å². The molecule has 0 heterocycles. The van der Waals surface area contributed by atoms with E-state index in [2.05, 4.69) is 0 Å². The first kappa shape index (κ1) is 16.9. The summed E-state index contributed by atoms with van der Waals surface area (Å²) in [5, 5.41) is 0. The third-order valence-electron chi connectivity index (χ3n) is 2.83. The van der Waals surface area contributed by atoms with Crippen LogP contribution in [0.2, 0.25) is 0 Å². The van der Waals surface area contributed by atoms with E-state index in [0.29, 0.717) is 26.3 Å². The van der Waals surface area contributed by atoms with Gasteiger partial charge in [-0.15, -0.1) is 0 Å². The van der Waals surface area contributed by atoms with Crippen molar-refractivity contribution in [1.82, 2.24) is 4.90 Å². The summed E-state index contributed by atoms with van der Waals surface area (Å²) < 4.78 is 29.5. The number of ether oxygens (including phenoxy) is 3. The summed E-state index contributed by atoms with van der Waals surface area (Å²) in [5.41, 5.74) is 0.887. The van der Waals surface area contributed by atoms with E-state index < -0.39 is 0 Å². The molecule has 5 heteroatoms. The fourth-order valence-corrected chi connectivity index (χ4v) is 1.96. The largest absolute Gasteiger partial charge is 0.494 e. The number of halogens is 1. The minimum atomic E-state index is -0.343. The van der Waals surface area contributed by atoms with E-state index in [9.17, 15) is 4.39 Å². The van der Waals surface area contributed by atoms with E-state index in [1.54, 1.807) is 6.07 Å². The Labute approximate surface area is 120 Å². The van der Waals surface area contributed by atoms with E-state index in [0.717, 1.165) is 5.56 Å². The Morgan fingerprint density at radius 1 is 1.20 bits per heavy atom. The van der Waals surface area contributed by atoms with Gasteiger partial charge in [0.2, 0.25) is 0 Å². The highest BCUT2D eigenvalue weighted by molar-refractivity contribution is 5.29. The molecule has 0 fully saturated rings. The van der Waals surface area contributed by atoms with Gasteiger partial charge in [0.15, 0.2) is 17.9 Å². The lowest BCUT2D eigenvalue weighted by molar-refractivity contribution is -0.145. The van der Waals surface area contributed by atoms with Crippen molar-refractivity contribution in [3.05, 3.63) is 29.6 Å². The molecule has 0 amide bonds. The van der Waals surface area contributed by atoms with Crippen LogP contribution in [0, 0.1) is 5.82 Å². The molecule has 0 N–H and O–H groups in total. The Morgan fingerprint density at radius 2 is 1.85 bits per heavy atom. The first-order chi connectivity index (χ1) is 9.60. The molecule has 0 unspecified atom stereocenters. The average Bonchev–Trinajstić information content (AvgIpc) is 2.39. The SMILES string of the molecule is CCOC(CN(C)Cc1ccc(OC)c(F)c1)OCC. The topological polar surface area (TPSA) is 30.9 Å². The molecule has 0 aromatic heterocycles. The van der Waals surface area contributed by atoms with E-state index in [4.69, 9.17) is 14.2 Å². The van der Waals surface area contributed by atoms with Crippen molar-refractivity contribution in [3.63, 3.8) is 0 Å². The zero-order chi connectivity index (χ0) is 15.0. The Hall–Kier alpha value is -1.17. The first-order valence-electron chi connectivity index (χ1n) is 6.84. The Balaban J connectivity index is 2.56. The summed E-state index contributed by atoms with van der Waals surface area (Å²) in [6.45, 7) is 6.34. The molecule has 0 aliphatic rings. The fourth-order valence-electron chi connectivity index (χ4n) is 1.96. The summed E-state index contributed by atoms with van der Waals surface area (Å²) in [6, 6.07) is 4.99. The third kappa shape index (κ3) is 5.45. The molecule has 0 saturated heterocycles. The molecule has 1 rings (SSSR count). The normalized spacial score (nSPS) is 11.3. The van der Waals surface area contributed by atoms with Crippen LogP contribution >= 0.6 is 0 Å². The monoisotopic (exact) mass is 285 g/mol. The summed E-state index contributed by atoms with van der Waals surface area (Å²) in [7, 11) is 3.41. The number of likely N-dealkylation sites (N-methyl/N-ethyl adjacent to an activating group) is 1. The van der Waals surface area contributed by atoms with Gasteiger partial charge in [0.05, 0.1) is 7.11 Å². The van der Waals surface area contributed by atoms with Crippen molar-refractivity contribution in [3.8, 4) is 5.75 Å². The predicted molar refractivity (Wildman–Crippen MR) is 76.3 cm³/mol. The van der Waals surface area contributed by atoms with Gasteiger partial charge in [-0.05, 0) is 38.6 Å². The second kappa shape index (κ2) is 8.89. The van der Waals surface area contributed by atoms with Gasteiger partial charge in [0.1, 0.15) is 0 Å². The van der Waals surface area contributed by atoms with Gasteiger partial charge in [-0.3, -0.25) is 4.90 Å². The van der Waals surface area contributed by atoms with Crippen molar-refractivity contribution in [2.75, 3.05) is 33.9 Å². The van der Waals surface area contributed by atoms with Gasteiger partial charge < -0.3 is 14.2 Å². The molecule has 4 nitrogen and oxygen atoms in total. The molecule has 0 radical (unpaired) electrons. The Bertz CT molecular complexity index is 395. The van der Waals surface area contributed by atoms with Gasteiger partial charge in [0.25, 0.3) is 0 Å². The zero-order valence-corrected chi connectivity index (χ0v) is 12.7. The maximum absolute atomic E-state index is 13.6. The van der Waals surface area contributed by atoms with Gasteiger partial charge >= 0.3 is 0 Å². The van der Waals surface area contributed by atoms with Gasteiger partial charge in [-0.25, -0.2) is 4.39 Å². The van der Waals surface area contributed by atoms with Crippen LogP contribution in [0.3, 0.4) is 0 Å². The summed E-state index contributed by atoms with van der Waals surface area (Å²) in [4.78, 5) is 2.04. The highest BCUT2D eigenvalue weighted by atomic mass is 19.1. The second-order valence-corrected chi connectivity index (χ2v) is 4.51. The van der Waals surface area contributed by atoms with Crippen molar-refractivity contribution < 1.29 is 18.6 Å². The maximum atomic E-state index is 13.6. The zero-order valence-electron chi connectivity index (χ0n) is 12.7. The Morgan fingerprint density at radius 3 is 2.35 bits per heavy atom. The van der Waals surface area contributed by atoms with Gasteiger partial charge in [0, 0.05) is 26.3 Å². The van der Waals surface area contributed by atoms with Crippen LogP contribution < -0.4 is 4.74 Å². The average molecular weight is 285 g/mol. The van der Waals surface area contributed by atoms with E-state index in [1.165, 1.54) is 13.2 Å². The lowest BCUT2D eigenvalue weighted by Gasteiger charge is -2.23. The number of hydrogen-bond acceptors (Lipinski definition) is 4. The first-order valence-corrected chi connectivity index (χ1v) is 6.84. The lowest BCUT2D eigenvalue weighted by Crippen LogP contribution is -2.33. The molecule has 0 bridgehead atoms. The fraction of sp³-hybridized carbons (Fsp3) is 0.600. The van der Waals surface area contributed by atoms with Crippen molar-refractivity contribution in [2.45, 2.75) is 26.7 Å². The van der Waals surface area contributed by atoms with Gasteiger partial charge in [-0.2, -0.15) is 0 Å². The third-order valence-corrected chi connectivity index (χ3v) is 2.83. The van der Waals surface area contributed by atoms with Crippen LogP contribution in [0.15, 0.2) is 18.2 Å². The predicted octanol–water partition coefficient (Wildman–Crippen LogP) is 2.67. The highest BCUT2D eigenvalue weighted by Gasteiger charge is 2.12. The smallest absolute Gasteiger partial charge is 0.170 e. The van der Waals surface area contributed by atoms with Crippen molar-refractivity contribution in [1.29, 1.82) is 0 Å². The molecule has 0 atom stereocenters. The van der Waals surface area contributed by atoms with Crippen molar-refractivity contribution >= 4 is 0 Å². The lowest BCUT2D eigenvalue weighted by atomic mass is 10.2. The van der Waals surface area contributed by atoms with Crippen LogP contribution in [0.5, 0.6) is 5.75 Å². The van der Waals surface area contributed by atoms with Crippen LogP contribution in [0.1, 0.15) is 19.4 Å². The molecule has 0 spiro atoms. The summed E-state index contributed by atoms with van der Waals surface area (Å²) in [6.07, 6.45) is -0.252. The maximum Gasteiger partial charge on any atom is 0.170 e. The molecule has 1 aromatic carbocycles. The van der Waals surface area contributed by atoms with E-state index in [1.807, 2.05) is 31.9 Å². The van der Waals surface area contributed by atoms with Crippen LogP contribution in [-0.4, -0.2) is 45.1 Å². The molecular formula is C15H24FNO3. The molecule has 0 aliphatic carbocycles. The highest BCUT2D eigenvalue weighted by Crippen LogP contribution is 2.18. The number of methoxy groups -OCH3 is 1. The van der Waals surface area contributed by atoms with Gasteiger partial charge in [-0.1, -0.05) is 6.07 Å². The number of rotatable bonds is 9. The second-order valence-electron chi connectivity index (χ2n) is 4.51. The standard InChI is InChI=1S/C15H24FNO3/c1-5-19-15(20-6-2)11-17(3)10-12-7-8-14(18-4)13(16)9-12/h7-9,15H,5-6,10-11H2,1-4H3. The van der Waals surface area contributed by atoms with Crippen LogP contribution in [-0.2, 0) is 16.0 Å². The molecule has 0 aliphatic heterocycles.